The van der Waals surface area contributed by atoms with Gasteiger partial charge in [-0.3, -0.25) is 4.79 Å². The standard InChI is InChI=1S/C17H26N2O3S/c1-16(2,3)22-14(20)18-19(15(21)23-17(4,5)6)12-13-10-8-7-9-11-13/h7-11H,12H2,1-6H3,(H,18,20). The predicted octanol–water partition coefficient (Wildman–Crippen LogP) is 4.58. The molecule has 0 spiro atoms. The first-order valence-electron chi connectivity index (χ1n) is 7.50. The van der Waals surface area contributed by atoms with Gasteiger partial charge in [0.15, 0.2) is 0 Å². The van der Waals surface area contributed by atoms with Gasteiger partial charge in [0.1, 0.15) is 5.60 Å². The van der Waals surface area contributed by atoms with Crippen molar-refractivity contribution in [2.24, 2.45) is 0 Å². The fourth-order valence-corrected chi connectivity index (χ4v) is 2.39. The highest BCUT2D eigenvalue weighted by Crippen LogP contribution is 2.26. The van der Waals surface area contributed by atoms with E-state index < -0.39 is 11.7 Å². The summed E-state index contributed by atoms with van der Waals surface area (Å²) in [6.07, 6.45) is -0.642. The van der Waals surface area contributed by atoms with Gasteiger partial charge < -0.3 is 4.74 Å². The molecule has 23 heavy (non-hydrogen) atoms. The molecule has 128 valence electrons. The summed E-state index contributed by atoms with van der Waals surface area (Å²) in [5.41, 5.74) is 2.85. The lowest BCUT2D eigenvalue weighted by molar-refractivity contribution is 0.0387. The number of carbonyl (C=O) groups excluding carboxylic acids is 2. The first kappa shape index (κ1) is 19.4. The van der Waals surface area contributed by atoms with Crippen molar-refractivity contribution in [2.45, 2.75) is 58.4 Å². The second-order valence-corrected chi connectivity index (χ2v) is 8.94. The molecule has 0 bridgehead atoms. The van der Waals surface area contributed by atoms with Crippen molar-refractivity contribution in [3.05, 3.63) is 35.9 Å². The molecule has 0 aliphatic rings. The second-order valence-electron chi connectivity index (χ2n) is 7.17. The van der Waals surface area contributed by atoms with E-state index in [1.54, 1.807) is 20.8 Å². The average Bonchev–Trinajstić information content (AvgIpc) is 2.34. The number of benzene rings is 1. The molecule has 0 aromatic heterocycles. The Labute approximate surface area is 142 Å². The monoisotopic (exact) mass is 338 g/mol. The van der Waals surface area contributed by atoms with Crippen LogP contribution in [0.2, 0.25) is 0 Å². The molecule has 0 atom stereocenters. The Bertz CT molecular complexity index is 533. The average molecular weight is 338 g/mol. The van der Waals surface area contributed by atoms with Gasteiger partial charge >= 0.3 is 11.3 Å². The zero-order valence-electron chi connectivity index (χ0n) is 14.7. The molecule has 1 rings (SSSR count). The Hall–Kier alpha value is -1.69. The minimum Gasteiger partial charge on any atom is -0.443 e. The van der Waals surface area contributed by atoms with Crippen LogP contribution in [0.1, 0.15) is 47.1 Å². The maximum atomic E-state index is 12.5. The second kappa shape index (κ2) is 7.73. The summed E-state index contributed by atoms with van der Waals surface area (Å²) in [4.78, 5) is 24.5. The molecule has 0 saturated carbocycles. The zero-order valence-corrected chi connectivity index (χ0v) is 15.5. The first-order valence-corrected chi connectivity index (χ1v) is 8.32. The van der Waals surface area contributed by atoms with E-state index in [9.17, 15) is 9.59 Å². The van der Waals surface area contributed by atoms with Gasteiger partial charge in [0.05, 0.1) is 6.54 Å². The largest absolute Gasteiger partial charge is 0.443 e. The summed E-state index contributed by atoms with van der Waals surface area (Å²) in [5, 5.41) is 1.06. The topological polar surface area (TPSA) is 58.6 Å². The van der Waals surface area contributed by atoms with Gasteiger partial charge in [-0.25, -0.2) is 15.2 Å². The van der Waals surface area contributed by atoms with E-state index in [0.29, 0.717) is 0 Å². The molecule has 0 radical (unpaired) electrons. The van der Waals surface area contributed by atoms with E-state index in [4.69, 9.17) is 4.74 Å². The van der Waals surface area contributed by atoms with Crippen LogP contribution >= 0.6 is 11.8 Å². The Kier molecular flexibility index (Phi) is 6.50. The number of rotatable bonds is 2. The highest BCUT2D eigenvalue weighted by Gasteiger charge is 2.25. The van der Waals surface area contributed by atoms with Crippen LogP contribution in [-0.4, -0.2) is 26.7 Å². The molecule has 5 nitrogen and oxygen atoms in total. The third-order valence-electron chi connectivity index (χ3n) is 2.42. The molecule has 0 saturated heterocycles. The minimum atomic E-state index is -0.642. The van der Waals surface area contributed by atoms with Crippen LogP contribution < -0.4 is 5.43 Å². The van der Waals surface area contributed by atoms with Crippen molar-refractivity contribution in [1.29, 1.82) is 0 Å². The van der Waals surface area contributed by atoms with Crippen LogP contribution in [0.3, 0.4) is 0 Å². The number of thioether (sulfide) groups is 1. The van der Waals surface area contributed by atoms with Crippen molar-refractivity contribution >= 4 is 23.1 Å². The lowest BCUT2D eigenvalue weighted by atomic mass is 10.2. The van der Waals surface area contributed by atoms with Gasteiger partial charge in [0.25, 0.3) is 0 Å². The molecule has 0 heterocycles. The molecule has 0 unspecified atom stereocenters. The Balaban J connectivity index is 2.83. The predicted molar refractivity (Wildman–Crippen MR) is 94.1 cm³/mol. The molecule has 1 N–H and O–H groups in total. The number of hydrogen-bond donors (Lipinski definition) is 1. The summed E-state index contributed by atoms with van der Waals surface area (Å²) in [6, 6.07) is 9.49. The van der Waals surface area contributed by atoms with Crippen LogP contribution in [0.15, 0.2) is 30.3 Å². The van der Waals surface area contributed by atoms with E-state index >= 15 is 0 Å². The smallest absolute Gasteiger partial charge is 0.426 e. The van der Waals surface area contributed by atoms with Crippen molar-refractivity contribution in [2.75, 3.05) is 0 Å². The lowest BCUT2D eigenvalue weighted by Gasteiger charge is -2.28. The van der Waals surface area contributed by atoms with E-state index in [1.165, 1.54) is 5.01 Å². The normalized spacial score (nSPS) is 11.7. The summed E-state index contributed by atoms with van der Waals surface area (Å²) < 4.78 is 4.98. The number of carbonyl (C=O) groups is 2. The summed E-state index contributed by atoms with van der Waals surface area (Å²) >= 11 is 1.16. The van der Waals surface area contributed by atoms with E-state index in [0.717, 1.165) is 17.3 Å². The van der Waals surface area contributed by atoms with Gasteiger partial charge in [0.2, 0.25) is 0 Å². The zero-order chi connectivity index (χ0) is 17.7. The number of hydrazine groups is 1. The van der Waals surface area contributed by atoms with Gasteiger partial charge in [0, 0.05) is 4.75 Å². The Morgan fingerprint density at radius 3 is 2.13 bits per heavy atom. The molecule has 2 amide bonds. The molecule has 0 aliphatic carbocycles. The quantitative estimate of drug-likeness (QED) is 0.802. The van der Waals surface area contributed by atoms with E-state index in [2.05, 4.69) is 5.43 Å². The van der Waals surface area contributed by atoms with Crippen LogP contribution in [0.5, 0.6) is 0 Å². The molecular weight excluding hydrogens is 312 g/mol. The van der Waals surface area contributed by atoms with E-state index in [1.807, 2.05) is 51.1 Å². The van der Waals surface area contributed by atoms with Crippen LogP contribution in [0.4, 0.5) is 9.59 Å². The van der Waals surface area contributed by atoms with Gasteiger partial charge in [-0.05, 0) is 26.3 Å². The molecule has 6 heteroatoms. The summed E-state index contributed by atoms with van der Waals surface area (Å²) in [7, 11) is 0. The molecule has 0 fully saturated rings. The number of nitrogens with one attached hydrogen (secondary N) is 1. The summed E-state index contributed by atoms with van der Waals surface area (Å²) in [6.45, 7) is 11.5. The third-order valence-corrected chi connectivity index (χ3v) is 3.43. The molecule has 1 aromatic carbocycles. The molecule has 0 aliphatic heterocycles. The number of ether oxygens (including phenoxy) is 1. The van der Waals surface area contributed by atoms with Gasteiger partial charge in [-0.1, -0.05) is 62.9 Å². The van der Waals surface area contributed by atoms with E-state index in [-0.39, 0.29) is 16.5 Å². The van der Waals surface area contributed by atoms with Crippen molar-refractivity contribution in [3.8, 4) is 0 Å². The van der Waals surface area contributed by atoms with Crippen LogP contribution in [-0.2, 0) is 11.3 Å². The van der Waals surface area contributed by atoms with Crippen LogP contribution in [0, 0.1) is 0 Å². The number of amides is 2. The SMILES string of the molecule is CC(C)(C)OC(=O)NN(Cc1ccccc1)C(=O)SC(C)(C)C. The number of hydrogen-bond acceptors (Lipinski definition) is 4. The fraction of sp³-hybridized carbons (Fsp3) is 0.529. The maximum Gasteiger partial charge on any atom is 0.426 e. The third kappa shape index (κ3) is 8.50. The van der Waals surface area contributed by atoms with Gasteiger partial charge in [-0.2, -0.15) is 0 Å². The number of nitrogens with zero attached hydrogens (tertiary/aromatic N) is 1. The minimum absolute atomic E-state index is 0.229. The first-order chi connectivity index (χ1) is 10.5. The fourth-order valence-electron chi connectivity index (χ4n) is 1.64. The Morgan fingerprint density at radius 2 is 1.65 bits per heavy atom. The summed E-state index contributed by atoms with van der Waals surface area (Å²) in [5.74, 6) is 0. The van der Waals surface area contributed by atoms with Crippen LogP contribution in [0.25, 0.3) is 0 Å². The molecule has 1 aromatic rings. The highest BCUT2D eigenvalue weighted by atomic mass is 32.2. The Morgan fingerprint density at radius 1 is 1.09 bits per heavy atom. The van der Waals surface area contributed by atoms with Crippen molar-refractivity contribution < 1.29 is 14.3 Å². The van der Waals surface area contributed by atoms with Gasteiger partial charge in [-0.15, -0.1) is 0 Å². The highest BCUT2D eigenvalue weighted by molar-refractivity contribution is 8.14. The van der Waals surface area contributed by atoms with Crippen molar-refractivity contribution in [3.63, 3.8) is 0 Å². The molecular formula is C17H26N2O3S. The maximum absolute atomic E-state index is 12.5. The lowest BCUT2D eigenvalue weighted by Crippen LogP contribution is -2.46. The van der Waals surface area contributed by atoms with Crippen molar-refractivity contribution in [1.82, 2.24) is 10.4 Å².